The highest BCUT2D eigenvalue weighted by Crippen LogP contribution is 2.33. The quantitative estimate of drug-likeness (QED) is 0.723. The van der Waals surface area contributed by atoms with Gasteiger partial charge in [-0.1, -0.05) is 12.8 Å². The van der Waals surface area contributed by atoms with Gasteiger partial charge in [0.2, 0.25) is 0 Å². The van der Waals surface area contributed by atoms with Gasteiger partial charge in [-0.25, -0.2) is 4.98 Å². The van der Waals surface area contributed by atoms with Crippen molar-refractivity contribution < 1.29 is 0 Å². The molecular formula is C12H16N2. The van der Waals surface area contributed by atoms with Crippen molar-refractivity contribution in [3.63, 3.8) is 0 Å². The van der Waals surface area contributed by atoms with Crippen molar-refractivity contribution in [3.05, 3.63) is 18.2 Å². The van der Waals surface area contributed by atoms with Gasteiger partial charge in [-0.15, -0.1) is 11.8 Å². The molecule has 2 nitrogen and oxygen atoms in total. The van der Waals surface area contributed by atoms with E-state index in [1.54, 1.807) is 6.33 Å². The topological polar surface area (TPSA) is 28.7 Å². The lowest BCUT2D eigenvalue weighted by atomic mass is 10.2. The van der Waals surface area contributed by atoms with E-state index in [0.29, 0.717) is 0 Å². The molecule has 1 saturated carbocycles. The summed E-state index contributed by atoms with van der Waals surface area (Å²) in [6, 6.07) is 0. The van der Waals surface area contributed by atoms with E-state index in [0.717, 1.165) is 25.2 Å². The first-order valence-corrected chi connectivity index (χ1v) is 5.38. The van der Waals surface area contributed by atoms with E-state index in [9.17, 15) is 0 Å². The molecule has 0 atom stereocenters. The van der Waals surface area contributed by atoms with Crippen LogP contribution in [0, 0.1) is 17.8 Å². The van der Waals surface area contributed by atoms with Crippen LogP contribution >= 0.6 is 0 Å². The van der Waals surface area contributed by atoms with E-state index in [2.05, 4.69) is 21.8 Å². The molecule has 1 aromatic heterocycles. The summed E-state index contributed by atoms with van der Waals surface area (Å²) in [6.45, 7) is 0. The van der Waals surface area contributed by atoms with Crippen molar-refractivity contribution in [2.45, 2.75) is 38.5 Å². The van der Waals surface area contributed by atoms with Crippen molar-refractivity contribution in [2.24, 2.45) is 5.92 Å². The molecule has 0 bridgehead atoms. The van der Waals surface area contributed by atoms with Crippen LogP contribution in [0.3, 0.4) is 0 Å². The van der Waals surface area contributed by atoms with Crippen LogP contribution < -0.4 is 0 Å². The molecule has 1 aromatic rings. The van der Waals surface area contributed by atoms with Gasteiger partial charge in [0, 0.05) is 24.7 Å². The van der Waals surface area contributed by atoms with Gasteiger partial charge in [-0.2, -0.15) is 0 Å². The minimum atomic E-state index is 0.951. The fraction of sp³-hybridized carbons (Fsp3) is 0.583. The first-order valence-electron chi connectivity index (χ1n) is 5.38. The Morgan fingerprint density at radius 3 is 2.93 bits per heavy atom. The van der Waals surface area contributed by atoms with E-state index < -0.39 is 0 Å². The van der Waals surface area contributed by atoms with Gasteiger partial charge in [-0.05, 0) is 18.8 Å². The van der Waals surface area contributed by atoms with Crippen molar-refractivity contribution in [2.75, 3.05) is 0 Å². The van der Waals surface area contributed by atoms with Crippen LogP contribution in [0.5, 0.6) is 0 Å². The van der Waals surface area contributed by atoms with Gasteiger partial charge in [0.25, 0.3) is 0 Å². The summed E-state index contributed by atoms with van der Waals surface area (Å²) in [4.78, 5) is 7.04. The molecule has 74 valence electrons. The molecule has 0 unspecified atom stereocenters. The minimum Gasteiger partial charge on any atom is -0.348 e. The van der Waals surface area contributed by atoms with E-state index in [1.165, 1.54) is 25.0 Å². The number of nitrogens with zero attached hydrogens (tertiary/aromatic N) is 1. The van der Waals surface area contributed by atoms with Crippen LogP contribution in [0.1, 0.15) is 37.8 Å². The fourth-order valence-corrected chi connectivity index (χ4v) is 1.48. The third kappa shape index (κ3) is 3.26. The molecule has 1 heterocycles. The number of H-pyrrole nitrogens is 1. The standard InChI is InChI=1S/C12H16N2/c1(3-5-11-7-8-11)2-4-6-12-9-13-10-14-12/h9-11H,3-8H2,(H,13,14). The molecule has 1 fully saturated rings. The van der Waals surface area contributed by atoms with Crippen LogP contribution in [0.25, 0.3) is 0 Å². The number of aryl methyl sites for hydroxylation is 1. The number of hydrogen-bond donors (Lipinski definition) is 1. The zero-order chi connectivity index (χ0) is 9.64. The molecule has 1 aliphatic rings. The van der Waals surface area contributed by atoms with E-state index >= 15 is 0 Å². The fourth-order valence-electron chi connectivity index (χ4n) is 1.48. The van der Waals surface area contributed by atoms with Crippen LogP contribution in [0.2, 0.25) is 0 Å². The molecule has 0 spiro atoms. The number of imidazole rings is 1. The van der Waals surface area contributed by atoms with Crippen molar-refractivity contribution >= 4 is 0 Å². The third-order valence-corrected chi connectivity index (χ3v) is 2.57. The summed E-state index contributed by atoms with van der Waals surface area (Å²) in [7, 11) is 0. The highest BCUT2D eigenvalue weighted by molar-refractivity contribution is 5.04. The first kappa shape index (κ1) is 9.33. The Morgan fingerprint density at radius 1 is 1.36 bits per heavy atom. The Morgan fingerprint density at radius 2 is 2.21 bits per heavy atom. The summed E-state index contributed by atoms with van der Waals surface area (Å²) in [5.41, 5.74) is 1.18. The highest BCUT2D eigenvalue weighted by Gasteiger charge is 2.19. The lowest BCUT2D eigenvalue weighted by Gasteiger charge is -1.89. The Kier molecular flexibility index (Phi) is 3.24. The molecule has 1 aliphatic carbocycles. The second-order valence-corrected chi connectivity index (χ2v) is 3.91. The first-order chi connectivity index (χ1) is 6.95. The van der Waals surface area contributed by atoms with Gasteiger partial charge in [0.15, 0.2) is 0 Å². The number of hydrogen-bond acceptors (Lipinski definition) is 1. The zero-order valence-corrected chi connectivity index (χ0v) is 8.42. The maximum atomic E-state index is 3.96. The zero-order valence-electron chi connectivity index (χ0n) is 8.42. The third-order valence-electron chi connectivity index (χ3n) is 2.57. The molecule has 0 aliphatic heterocycles. The molecule has 2 rings (SSSR count). The summed E-state index contributed by atoms with van der Waals surface area (Å²) >= 11 is 0. The molecule has 0 aromatic carbocycles. The molecule has 1 N–H and O–H groups in total. The lowest BCUT2D eigenvalue weighted by Crippen LogP contribution is -1.82. The normalized spacial score (nSPS) is 14.9. The monoisotopic (exact) mass is 188 g/mol. The maximum absolute atomic E-state index is 3.96. The number of nitrogens with one attached hydrogen (secondary N) is 1. The maximum Gasteiger partial charge on any atom is 0.0921 e. The molecule has 2 heteroatoms. The number of aromatic amines is 1. The largest absolute Gasteiger partial charge is 0.348 e. The van der Waals surface area contributed by atoms with Crippen molar-refractivity contribution in [1.82, 2.24) is 9.97 Å². The second kappa shape index (κ2) is 4.85. The van der Waals surface area contributed by atoms with Crippen LogP contribution in [-0.2, 0) is 6.42 Å². The molecule has 0 saturated heterocycles. The summed E-state index contributed by atoms with van der Waals surface area (Å²) in [5.74, 6) is 7.45. The van der Waals surface area contributed by atoms with Gasteiger partial charge < -0.3 is 4.98 Å². The molecule has 14 heavy (non-hydrogen) atoms. The molecule has 0 amide bonds. The van der Waals surface area contributed by atoms with Gasteiger partial charge >= 0.3 is 0 Å². The van der Waals surface area contributed by atoms with E-state index in [4.69, 9.17) is 0 Å². The highest BCUT2D eigenvalue weighted by atomic mass is 14.9. The van der Waals surface area contributed by atoms with Gasteiger partial charge in [0.05, 0.1) is 6.33 Å². The van der Waals surface area contributed by atoms with E-state index in [-0.39, 0.29) is 0 Å². The van der Waals surface area contributed by atoms with Crippen molar-refractivity contribution in [3.8, 4) is 11.8 Å². The Hall–Kier alpha value is -1.23. The summed E-state index contributed by atoms with van der Waals surface area (Å²) in [5, 5.41) is 0. The molecular weight excluding hydrogens is 172 g/mol. The Labute approximate surface area is 85.1 Å². The van der Waals surface area contributed by atoms with Gasteiger partial charge in [0.1, 0.15) is 0 Å². The van der Waals surface area contributed by atoms with E-state index in [1.807, 2.05) is 6.20 Å². The minimum absolute atomic E-state index is 0.951. The summed E-state index contributed by atoms with van der Waals surface area (Å²) in [6.07, 6.45) is 10.8. The van der Waals surface area contributed by atoms with Crippen LogP contribution in [0.15, 0.2) is 12.5 Å². The smallest absolute Gasteiger partial charge is 0.0921 e. The predicted molar refractivity (Wildman–Crippen MR) is 56.6 cm³/mol. The van der Waals surface area contributed by atoms with Gasteiger partial charge in [-0.3, -0.25) is 0 Å². The number of aromatic nitrogens is 2. The Balaban J connectivity index is 1.56. The predicted octanol–water partition coefficient (Wildman–Crippen LogP) is 2.54. The Bertz CT molecular complexity index is 312. The summed E-state index contributed by atoms with van der Waals surface area (Å²) < 4.78 is 0. The average molecular weight is 188 g/mol. The van der Waals surface area contributed by atoms with Crippen LogP contribution in [0.4, 0.5) is 0 Å². The number of rotatable bonds is 4. The second-order valence-electron chi connectivity index (χ2n) is 3.91. The van der Waals surface area contributed by atoms with Crippen molar-refractivity contribution in [1.29, 1.82) is 0 Å². The lowest BCUT2D eigenvalue weighted by molar-refractivity contribution is 0.751. The molecule has 0 radical (unpaired) electrons. The SMILES string of the molecule is C(#CCCC1CC1)CCc1cnc[nH]1. The van der Waals surface area contributed by atoms with Crippen LogP contribution in [-0.4, -0.2) is 9.97 Å². The average Bonchev–Trinajstić information content (AvgIpc) is 2.87.